The van der Waals surface area contributed by atoms with E-state index >= 15 is 0 Å². The summed E-state index contributed by atoms with van der Waals surface area (Å²) in [7, 11) is 0. The zero-order valence-electron chi connectivity index (χ0n) is 21.5. The SMILES string of the molecule is [C-]#[N+]/C(C#N)=C\c1cc2sc3c(c2s1)C(C)(C)c1cc(N(c2ccc(C)cc2)c2ccc(C)cc2)cnc1-3. The summed E-state index contributed by atoms with van der Waals surface area (Å²) >= 11 is 3.40. The number of pyridine rings is 1. The van der Waals surface area contributed by atoms with Crippen molar-refractivity contribution >= 4 is 55.2 Å². The highest BCUT2D eigenvalue weighted by molar-refractivity contribution is 7.30. The highest BCUT2D eigenvalue weighted by Gasteiger charge is 2.41. The molecule has 0 saturated heterocycles. The fraction of sp³-hybridized carbons (Fsp3) is 0.156. The molecule has 4 nitrogen and oxygen atoms in total. The number of aromatic nitrogens is 1. The van der Waals surface area contributed by atoms with E-state index in [2.05, 4.69) is 98.1 Å². The maximum atomic E-state index is 9.19. The monoisotopic (exact) mass is 528 g/mol. The van der Waals surface area contributed by atoms with Gasteiger partial charge in [0.1, 0.15) is 0 Å². The van der Waals surface area contributed by atoms with Crippen LogP contribution in [0.2, 0.25) is 0 Å². The van der Waals surface area contributed by atoms with E-state index in [4.69, 9.17) is 11.6 Å². The molecule has 6 rings (SSSR count). The Morgan fingerprint density at radius 3 is 2.18 bits per heavy atom. The molecule has 0 fully saturated rings. The molecule has 0 bridgehead atoms. The lowest BCUT2D eigenvalue weighted by Crippen LogP contribution is -2.17. The van der Waals surface area contributed by atoms with Gasteiger partial charge in [0.05, 0.1) is 39.8 Å². The van der Waals surface area contributed by atoms with Crippen molar-refractivity contribution in [2.75, 3.05) is 4.90 Å². The van der Waals surface area contributed by atoms with E-state index in [1.54, 1.807) is 28.7 Å². The molecule has 0 unspecified atom stereocenters. The first-order valence-corrected chi connectivity index (χ1v) is 13.9. The van der Waals surface area contributed by atoms with E-state index in [9.17, 15) is 5.26 Å². The van der Waals surface area contributed by atoms with E-state index in [1.165, 1.54) is 36.5 Å². The van der Waals surface area contributed by atoms with Crippen molar-refractivity contribution in [3.63, 3.8) is 0 Å². The van der Waals surface area contributed by atoms with E-state index in [0.29, 0.717) is 0 Å². The third-order valence-corrected chi connectivity index (χ3v) is 9.50. The lowest BCUT2D eigenvalue weighted by molar-refractivity contribution is 0.666. The number of anilines is 3. The number of benzene rings is 2. The minimum absolute atomic E-state index is 0.108. The lowest BCUT2D eigenvalue weighted by atomic mass is 9.83. The summed E-state index contributed by atoms with van der Waals surface area (Å²) < 4.78 is 2.40. The minimum atomic E-state index is -0.234. The van der Waals surface area contributed by atoms with Gasteiger partial charge in [-0.1, -0.05) is 49.2 Å². The number of aryl methyl sites for hydroxylation is 2. The van der Waals surface area contributed by atoms with E-state index in [0.717, 1.165) is 27.6 Å². The molecular formula is C32H24N4S2. The molecule has 0 amide bonds. The second-order valence-electron chi connectivity index (χ2n) is 10.1. The molecule has 6 heteroatoms. The average Bonchev–Trinajstić information content (AvgIpc) is 3.52. The average molecular weight is 529 g/mol. The first-order valence-electron chi connectivity index (χ1n) is 12.3. The van der Waals surface area contributed by atoms with Gasteiger partial charge >= 0.3 is 0 Å². The molecule has 0 aliphatic heterocycles. The summed E-state index contributed by atoms with van der Waals surface area (Å²) in [5, 5.41) is 9.19. The standard InChI is InChI=1S/C32H24N4S2/c1-19-6-10-22(11-7-19)36(23-12-8-20(2)9-13-23)24-15-26-29(35-18-24)31-28(32(26,3)4)30-27(38-31)16-25(37-30)14-21(17-33)34-5/h6-16,18H,1-4H3/b21-14-. The van der Waals surface area contributed by atoms with E-state index < -0.39 is 0 Å². The first kappa shape index (κ1) is 24.1. The molecule has 1 aliphatic carbocycles. The van der Waals surface area contributed by atoms with Gasteiger partial charge in [-0.25, -0.2) is 10.1 Å². The van der Waals surface area contributed by atoms with Gasteiger partial charge < -0.3 is 4.90 Å². The number of hydrogen-bond acceptors (Lipinski definition) is 5. The van der Waals surface area contributed by atoms with Gasteiger partial charge in [-0.3, -0.25) is 4.98 Å². The van der Waals surface area contributed by atoms with Crippen molar-refractivity contribution in [1.82, 2.24) is 4.98 Å². The predicted molar refractivity (Wildman–Crippen MR) is 159 cm³/mol. The van der Waals surface area contributed by atoms with Crippen LogP contribution in [0, 0.1) is 31.8 Å². The van der Waals surface area contributed by atoms with E-state index in [1.807, 2.05) is 12.3 Å². The van der Waals surface area contributed by atoms with Gasteiger partial charge in [0.2, 0.25) is 0 Å². The number of thiophene rings is 2. The molecule has 184 valence electrons. The zero-order valence-corrected chi connectivity index (χ0v) is 23.2. The van der Waals surface area contributed by atoms with Gasteiger partial charge in [0.25, 0.3) is 5.70 Å². The Bertz CT molecular complexity index is 1760. The molecule has 5 aromatic rings. The molecule has 1 aliphatic rings. The highest BCUT2D eigenvalue weighted by atomic mass is 32.1. The van der Waals surface area contributed by atoms with Gasteiger partial charge in [0.15, 0.2) is 0 Å². The van der Waals surface area contributed by atoms with E-state index in [-0.39, 0.29) is 11.1 Å². The number of nitrogens with zero attached hydrogens (tertiary/aromatic N) is 4. The second kappa shape index (κ2) is 8.96. The number of allylic oxidation sites excluding steroid dienone is 1. The van der Waals surface area contributed by atoms with Crippen molar-refractivity contribution in [3.8, 4) is 16.6 Å². The molecule has 0 atom stereocenters. The van der Waals surface area contributed by atoms with Crippen LogP contribution in [0.5, 0.6) is 0 Å². The molecule has 3 heterocycles. The maximum absolute atomic E-state index is 9.19. The van der Waals surface area contributed by atoms with Crippen LogP contribution >= 0.6 is 22.7 Å². The van der Waals surface area contributed by atoms with Crippen molar-refractivity contribution in [2.24, 2.45) is 0 Å². The predicted octanol–water partition coefficient (Wildman–Crippen LogP) is 9.53. The Balaban J connectivity index is 1.48. The Kier molecular flexibility index (Phi) is 5.69. The van der Waals surface area contributed by atoms with Crippen molar-refractivity contribution in [3.05, 3.63) is 111 Å². The van der Waals surface area contributed by atoms with Gasteiger partial charge in [-0.05, 0) is 61.9 Å². The Hall–Kier alpha value is -4.23. The molecule has 0 spiro atoms. The zero-order chi connectivity index (χ0) is 26.6. The summed E-state index contributed by atoms with van der Waals surface area (Å²) in [5.74, 6) is 0. The number of hydrogen-bond donors (Lipinski definition) is 0. The number of rotatable bonds is 4. The lowest BCUT2D eigenvalue weighted by Gasteiger charge is -2.27. The Morgan fingerprint density at radius 1 is 0.974 bits per heavy atom. The Morgan fingerprint density at radius 2 is 1.61 bits per heavy atom. The topological polar surface area (TPSA) is 44.3 Å². The third kappa shape index (κ3) is 3.82. The summed E-state index contributed by atoms with van der Waals surface area (Å²) in [4.78, 5) is 12.8. The first-order chi connectivity index (χ1) is 18.3. The Labute approximate surface area is 230 Å². The summed E-state index contributed by atoms with van der Waals surface area (Å²) in [6.07, 6.45) is 3.67. The number of fused-ring (bicyclic) bond motifs is 5. The molecule has 0 radical (unpaired) electrons. The van der Waals surface area contributed by atoms with Crippen LogP contribution in [0.15, 0.2) is 72.6 Å². The number of nitriles is 1. The summed E-state index contributed by atoms with van der Waals surface area (Å²) in [6.45, 7) is 16.0. The smallest absolute Gasteiger partial charge is 0.263 e. The highest BCUT2D eigenvalue weighted by Crippen LogP contribution is 2.57. The van der Waals surface area contributed by atoms with Crippen molar-refractivity contribution in [2.45, 2.75) is 33.1 Å². The van der Waals surface area contributed by atoms with Crippen LogP contribution in [-0.4, -0.2) is 4.98 Å². The van der Waals surface area contributed by atoms with Gasteiger partial charge in [-0.15, -0.1) is 22.7 Å². The molecule has 2 aromatic carbocycles. The fourth-order valence-corrected chi connectivity index (χ4v) is 8.05. The fourth-order valence-electron chi connectivity index (χ4n) is 5.14. The second-order valence-corrected chi connectivity index (χ2v) is 12.3. The van der Waals surface area contributed by atoms with Gasteiger partial charge in [0, 0.05) is 31.9 Å². The van der Waals surface area contributed by atoms with Crippen LogP contribution in [-0.2, 0) is 5.41 Å². The normalized spacial score (nSPS) is 13.6. The summed E-state index contributed by atoms with van der Waals surface area (Å²) in [6, 6.07) is 23.6. The maximum Gasteiger partial charge on any atom is 0.263 e. The van der Waals surface area contributed by atoms with Gasteiger partial charge in [-0.2, -0.15) is 0 Å². The van der Waals surface area contributed by atoms with Crippen LogP contribution in [0.1, 0.15) is 41.0 Å². The minimum Gasteiger partial charge on any atom is -0.309 e. The largest absolute Gasteiger partial charge is 0.309 e. The quantitative estimate of drug-likeness (QED) is 0.172. The third-order valence-electron chi connectivity index (χ3n) is 7.13. The molecule has 3 aromatic heterocycles. The van der Waals surface area contributed by atoms with Crippen molar-refractivity contribution < 1.29 is 0 Å². The molecule has 38 heavy (non-hydrogen) atoms. The molecule has 0 saturated carbocycles. The van der Waals surface area contributed by atoms with Crippen LogP contribution < -0.4 is 4.90 Å². The summed E-state index contributed by atoms with van der Waals surface area (Å²) in [5.41, 5.74) is 9.09. The van der Waals surface area contributed by atoms with Crippen LogP contribution in [0.3, 0.4) is 0 Å². The van der Waals surface area contributed by atoms with Crippen LogP contribution in [0.4, 0.5) is 17.1 Å². The molecule has 0 N–H and O–H groups in total. The van der Waals surface area contributed by atoms with Crippen LogP contribution in [0.25, 0.3) is 30.9 Å². The molecular weight excluding hydrogens is 505 g/mol. The van der Waals surface area contributed by atoms with Crippen molar-refractivity contribution in [1.29, 1.82) is 5.26 Å².